The summed E-state index contributed by atoms with van der Waals surface area (Å²) in [6.07, 6.45) is 0. The zero-order valence-corrected chi connectivity index (χ0v) is 8.92. The molecule has 0 radical (unpaired) electrons. The molecule has 1 aromatic rings. The average molecular weight is 214 g/mol. The van der Waals surface area contributed by atoms with Gasteiger partial charge in [-0.2, -0.15) is 0 Å². The summed E-state index contributed by atoms with van der Waals surface area (Å²) in [5.74, 6) is -0.746. The summed E-state index contributed by atoms with van der Waals surface area (Å²) in [5, 5.41) is 1.79. The van der Waals surface area contributed by atoms with Crippen LogP contribution in [0.4, 0.5) is 0 Å². The molecule has 1 heterocycles. The van der Waals surface area contributed by atoms with Crippen LogP contribution in [0.2, 0.25) is 0 Å². The number of methoxy groups -OCH3 is 1. The van der Waals surface area contributed by atoms with Gasteiger partial charge in [0.25, 0.3) is 5.91 Å². The van der Waals surface area contributed by atoms with Crippen molar-refractivity contribution in [2.75, 3.05) is 21.2 Å². The highest BCUT2D eigenvalue weighted by Gasteiger charge is 2.16. The van der Waals surface area contributed by atoms with Crippen LogP contribution < -0.4 is 0 Å². The number of hydrogen-bond acceptors (Lipinski definition) is 5. The Morgan fingerprint density at radius 1 is 1.50 bits per heavy atom. The maximum atomic E-state index is 11.4. The Morgan fingerprint density at radius 3 is 2.64 bits per heavy atom. The molecule has 0 N–H and O–H groups in total. The first kappa shape index (κ1) is 10.6. The van der Waals surface area contributed by atoms with Gasteiger partial charge in [0.05, 0.1) is 7.11 Å². The predicted octanol–water partition coefficient (Wildman–Crippen LogP) is 0.632. The Kier molecular flexibility index (Phi) is 3.19. The number of ether oxygens (including phenoxy) is 1. The van der Waals surface area contributed by atoms with E-state index in [2.05, 4.69) is 9.72 Å². The number of nitrogens with zero attached hydrogens (tertiary/aromatic N) is 2. The molecular formula is C8H10N2O3S. The highest BCUT2D eigenvalue weighted by molar-refractivity contribution is 7.11. The highest BCUT2D eigenvalue weighted by atomic mass is 32.1. The van der Waals surface area contributed by atoms with E-state index in [-0.39, 0.29) is 16.6 Å². The standard InChI is InChI=1S/C8H10N2O3S/c1-10(2)7(11)6-9-5(4-14-6)8(12)13-3/h4H,1-3H3. The van der Waals surface area contributed by atoms with Crippen LogP contribution in [0.1, 0.15) is 20.3 Å². The number of esters is 1. The molecule has 0 saturated carbocycles. The van der Waals surface area contributed by atoms with Gasteiger partial charge in [-0.25, -0.2) is 9.78 Å². The normalized spacial score (nSPS) is 9.64. The number of carbonyl (C=O) groups excluding carboxylic acids is 2. The van der Waals surface area contributed by atoms with E-state index in [0.717, 1.165) is 11.3 Å². The molecule has 0 atom stereocenters. The van der Waals surface area contributed by atoms with Gasteiger partial charge in [0.2, 0.25) is 0 Å². The lowest BCUT2D eigenvalue weighted by Crippen LogP contribution is -2.21. The van der Waals surface area contributed by atoms with Crippen LogP contribution in [0.3, 0.4) is 0 Å². The predicted molar refractivity (Wildman–Crippen MR) is 51.5 cm³/mol. The molecule has 1 amide bonds. The monoisotopic (exact) mass is 214 g/mol. The van der Waals surface area contributed by atoms with Crippen LogP contribution in [0.15, 0.2) is 5.38 Å². The van der Waals surface area contributed by atoms with Crippen molar-refractivity contribution in [3.8, 4) is 0 Å². The zero-order chi connectivity index (χ0) is 10.7. The number of amides is 1. The molecule has 0 spiro atoms. The van der Waals surface area contributed by atoms with E-state index in [1.807, 2.05) is 0 Å². The summed E-state index contributed by atoms with van der Waals surface area (Å²) in [4.78, 5) is 27.7. The summed E-state index contributed by atoms with van der Waals surface area (Å²) in [5.41, 5.74) is 0.169. The van der Waals surface area contributed by atoms with Gasteiger partial charge < -0.3 is 9.64 Å². The molecule has 76 valence electrons. The molecule has 0 saturated heterocycles. The molecular weight excluding hydrogens is 204 g/mol. The molecule has 0 aliphatic rings. The molecule has 0 fully saturated rings. The van der Waals surface area contributed by atoms with Crippen LogP contribution in [0.25, 0.3) is 0 Å². The van der Waals surface area contributed by atoms with E-state index in [0.29, 0.717) is 0 Å². The smallest absolute Gasteiger partial charge is 0.357 e. The lowest BCUT2D eigenvalue weighted by atomic mass is 10.5. The van der Waals surface area contributed by atoms with Crippen molar-refractivity contribution in [2.24, 2.45) is 0 Å². The lowest BCUT2D eigenvalue weighted by molar-refractivity contribution is 0.0595. The minimum atomic E-state index is -0.529. The summed E-state index contributed by atoms with van der Waals surface area (Å²) in [6, 6.07) is 0. The third kappa shape index (κ3) is 2.08. The third-order valence-corrected chi connectivity index (χ3v) is 2.32. The Hall–Kier alpha value is -1.43. The third-order valence-electron chi connectivity index (χ3n) is 1.49. The SMILES string of the molecule is COC(=O)c1csc(C(=O)N(C)C)n1. The van der Waals surface area contributed by atoms with Gasteiger partial charge in [-0.3, -0.25) is 4.79 Å². The Bertz CT molecular complexity index is 359. The van der Waals surface area contributed by atoms with Gasteiger partial charge in [0.15, 0.2) is 10.7 Å². The molecule has 1 aromatic heterocycles. The number of carbonyl (C=O) groups is 2. The Balaban J connectivity index is 2.88. The molecule has 6 heteroatoms. The van der Waals surface area contributed by atoms with Crippen LogP contribution in [0, 0.1) is 0 Å². The van der Waals surface area contributed by atoms with Crippen LogP contribution in [-0.2, 0) is 4.74 Å². The van der Waals surface area contributed by atoms with E-state index < -0.39 is 5.97 Å². The number of thiazole rings is 1. The summed E-state index contributed by atoms with van der Waals surface area (Å²) >= 11 is 1.13. The summed E-state index contributed by atoms with van der Waals surface area (Å²) in [7, 11) is 4.53. The van der Waals surface area contributed by atoms with Crippen LogP contribution >= 0.6 is 11.3 Å². The first-order valence-electron chi connectivity index (χ1n) is 3.81. The van der Waals surface area contributed by atoms with Crippen LogP contribution in [-0.4, -0.2) is 43.0 Å². The average Bonchev–Trinajstić information content (AvgIpc) is 2.64. The number of aromatic nitrogens is 1. The second-order valence-electron chi connectivity index (χ2n) is 2.73. The fourth-order valence-corrected chi connectivity index (χ4v) is 1.57. The number of hydrogen-bond donors (Lipinski definition) is 0. The fourth-order valence-electron chi connectivity index (χ4n) is 0.762. The second kappa shape index (κ2) is 4.19. The fraction of sp³-hybridized carbons (Fsp3) is 0.375. The maximum Gasteiger partial charge on any atom is 0.357 e. The molecule has 0 aliphatic heterocycles. The van der Waals surface area contributed by atoms with Crippen molar-refractivity contribution in [1.29, 1.82) is 0 Å². The van der Waals surface area contributed by atoms with Gasteiger partial charge in [-0.05, 0) is 0 Å². The van der Waals surface area contributed by atoms with Crippen molar-refractivity contribution in [1.82, 2.24) is 9.88 Å². The molecule has 0 bridgehead atoms. The number of rotatable bonds is 2. The topological polar surface area (TPSA) is 59.5 Å². The maximum absolute atomic E-state index is 11.4. The minimum Gasteiger partial charge on any atom is -0.464 e. The zero-order valence-electron chi connectivity index (χ0n) is 8.10. The lowest BCUT2D eigenvalue weighted by Gasteiger charge is -2.05. The highest BCUT2D eigenvalue weighted by Crippen LogP contribution is 2.11. The van der Waals surface area contributed by atoms with Crippen molar-refractivity contribution in [2.45, 2.75) is 0 Å². The van der Waals surface area contributed by atoms with E-state index in [4.69, 9.17) is 0 Å². The molecule has 1 rings (SSSR count). The quantitative estimate of drug-likeness (QED) is 0.677. The van der Waals surface area contributed by atoms with Crippen molar-refractivity contribution >= 4 is 23.2 Å². The van der Waals surface area contributed by atoms with E-state index >= 15 is 0 Å². The van der Waals surface area contributed by atoms with Crippen molar-refractivity contribution < 1.29 is 14.3 Å². The Morgan fingerprint density at radius 2 is 2.14 bits per heavy atom. The molecule has 0 unspecified atom stereocenters. The van der Waals surface area contributed by atoms with Gasteiger partial charge in [-0.15, -0.1) is 11.3 Å². The van der Waals surface area contributed by atoms with Gasteiger partial charge >= 0.3 is 5.97 Å². The van der Waals surface area contributed by atoms with Gasteiger partial charge in [0.1, 0.15) is 0 Å². The molecule has 5 nitrogen and oxygen atoms in total. The largest absolute Gasteiger partial charge is 0.464 e. The first-order valence-corrected chi connectivity index (χ1v) is 4.69. The Labute approximate surface area is 85.3 Å². The first-order chi connectivity index (χ1) is 6.56. The van der Waals surface area contributed by atoms with E-state index in [9.17, 15) is 9.59 Å². The molecule has 14 heavy (non-hydrogen) atoms. The van der Waals surface area contributed by atoms with Crippen molar-refractivity contribution in [3.63, 3.8) is 0 Å². The van der Waals surface area contributed by atoms with Crippen molar-refractivity contribution in [3.05, 3.63) is 16.1 Å². The second-order valence-corrected chi connectivity index (χ2v) is 3.59. The summed E-state index contributed by atoms with van der Waals surface area (Å²) in [6.45, 7) is 0. The molecule has 0 aliphatic carbocycles. The molecule has 0 aromatic carbocycles. The van der Waals surface area contributed by atoms with E-state index in [1.165, 1.54) is 17.4 Å². The summed E-state index contributed by atoms with van der Waals surface area (Å²) < 4.78 is 4.47. The van der Waals surface area contributed by atoms with E-state index in [1.54, 1.807) is 14.1 Å². The van der Waals surface area contributed by atoms with Crippen LogP contribution in [0.5, 0.6) is 0 Å². The minimum absolute atomic E-state index is 0.169. The van der Waals surface area contributed by atoms with Gasteiger partial charge in [0, 0.05) is 19.5 Å². The van der Waals surface area contributed by atoms with Gasteiger partial charge in [-0.1, -0.05) is 0 Å².